The Morgan fingerprint density at radius 2 is 1.89 bits per heavy atom. The summed E-state index contributed by atoms with van der Waals surface area (Å²) in [5.41, 5.74) is 0.325. The Balaban J connectivity index is 2.56. The molecule has 104 valence electrons. The molecule has 4 nitrogen and oxygen atoms in total. The van der Waals surface area contributed by atoms with Crippen molar-refractivity contribution >= 4 is 11.8 Å². The molecule has 0 fully saturated rings. The van der Waals surface area contributed by atoms with Gasteiger partial charge in [-0.25, -0.2) is 4.39 Å². The summed E-state index contributed by atoms with van der Waals surface area (Å²) in [7, 11) is 0. The number of benzene rings is 1. The van der Waals surface area contributed by atoms with Crippen LogP contribution in [0.15, 0.2) is 18.2 Å². The lowest BCUT2D eigenvalue weighted by Gasteiger charge is -2.20. The van der Waals surface area contributed by atoms with Crippen molar-refractivity contribution in [3.63, 3.8) is 0 Å². The van der Waals surface area contributed by atoms with E-state index in [1.54, 1.807) is 6.92 Å². The van der Waals surface area contributed by atoms with Crippen LogP contribution in [0.3, 0.4) is 0 Å². The maximum Gasteiger partial charge on any atom is 0.251 e. The summed E-state index contributed by atoms with van der Waals surface area (Å²) in [5.74, 6) is -1.19. The highest BCUT2D eigenvalue weighted by Crippen LogP contribution is 2.08. The smallest absolute Gasteiger partial charge is 0.251 e. The zero-order chi connectivity index (χ0) is 14.6. The molecular weight excluding hydrogens is 247 g/mol. The number of carbonyl (C=O) groups excluding carboxylic acids is 2. The normalized spacial score (nSPS) is 11.0. The predicted octanol–water partition coefficient (Wildman–Crippen LogP) is 1.78. The van der Waals surface area contributed by atoms with E-state index in [0.29, 0.717) is 5.56 Å². The van der Waals surface area contributed by atoms with Gasteiger partial charge < -0.3 is 10.6 Å². The van der Waals surface area contributed by atoms with Crippen LogP contribution in [0.25, 0.3) is 0 Å². The van der Waals surface area contributed by atoms with Gasteiger partial charge in [-0.2, -0.15) is 0 Å². The summed E-state index contributed by atoms with van der Waals surface area (Å²) < 4.78 is 13.3. The topological polar surface area (TPSA) is 58.2 Å². The quantitative estimate of drug-likeness (QED) is 0.876. The maximum absolute atomic E-state index is 13.3. The van der Waals surface area contributed by atoms with Crippen molar-refractivity contribution in [1.82, 2.24) is 10.6 Å². The van der Waals surface area contributed by atoms with Crippen molar-refractivity contribution < 1.29 is 14.0 Å². The molecule has 0 spiro atoms. The summed E-state index contributed by atoms with van der Waals surface area (Å²) in [6.45, 7) is 7.03. The van der Waals surface area contributed by atoms with Gasteiger partial charge in [0.1, 0.15) is 5.82 Å². The Kier molecular flexibility index (Phi) is 4.64. The molecular formula is C14H19FN2O2. The Hall–Kier alpha value is -1.91. The third-order valence-electron chi connectivity index (χ3n) is 2.36. The fraction of sp³-hybridized carbons (Fsp3) is 0.429. The largest absolute Gasteiger partial charge is 0.350 e. The minimum atomic E-state index is -0.469. The number of aryl methyl sites for hydroxylation is 1. The van der Waals surface area contributed by atoms with E-state index in [2.05, 4.69) is 10.6 Å². The standard InChI is InChI=1S/C14H19FN2O2/c1-9-5-6-10(7-11(9)15)13(19)16-8-12(18)17-14(2,3)4/h5-7H,8H2,1-4H3,(H,16,19)(H,17,18). The number of hydrogen-bond donors (Lipinski definition) is 2. The van der Waals surface area contributed by atoms with Gasteiger partial charge in [0.15, 0.2) is 0 Å². The van der Waals surface area contributed by atoms with E-state index < -0.39 is 11.7 Å². The van der Waals surface area contributed by atoms with Gasteiger partial charge in [0.2, 0.25) is 5.91 Å². The lowest BCUT2D eigenvalue weighted by atomic mass is 10.1. The SMILES string of the molecule is Cc1ccc(C(=O)NCC(=O)NC(C)(C)C)cc1F. The van der Waals surface area contributed by atoms with Gasteiger partial charge in [0.25, 0.3) is 5.91 Å². The van der Waals surface area contributed by atoms with E-state index in [-0.39, 0.29) is 23.6 Å². The first kappa shape index (κ1) is 15.1. The van der Waals surface area contributed by atoms with Gasteiger partial charge in [0.05, 0.1) is 6.54 Å². The van der Waals surface area contributed by atoms with Gasteiger partial charge in [-0.3, -0.25) is 9.59 Å². The van der Waals surface area contributed by atoms with Gasteiger partial charge >= 0.3 is 0 Å². The molecule has 0 aliphatic carbocycles. The molecule has 0 heterocycles. The van der Waals surface area contributed by atoms with Gasteiger partial charge in [-0.1, -0.05) is 6.07 Å². The van der Waals surface area contributed by atoms with Crippen molar-refractivity contribution in [3.05, 3.63) is 35.1 Å². The molecule has 0 radical (unpaired) electrons. The average molecular weight is 266 g/mol. The first-order valence-electron chi connectivity index (χ1n) is 6.04. The van der Waals surface area contributed by atoms with Crippen LogP contribution in [0.5, 0.6) is 0 Å². The molecule has 2 N–H and O–H groups in total. The van der Waals surface area contributed by atoms with E-state index in [4.69, 9.17) is 0 Å². The number of nitrogens with one attached hydrogen (secondary N) is 2. The van der Waals surface area contributed by atoms with Crippen LogP contribution in [-0.4, -0.2) is 23.9 Å². The monoisotopic (exact) mass is 266 g/mol. The number of hydrogen-bond acceptors (Lipinski definition) is 2. The van der Waals surface area contributed by atoms with Crippen LogP contribution in [-0.2, 0) is 4.79 Å². The Morgan fingerprint density at radius 1 is 1.26 bits per heavy atom. The van der Waals surface area contributed by atoms with Crippen molar-refractivity contribution in [2.45, 2.75) is 33.2 Å². The molecule has 0 aliphatic heterocycles. The van der Waals surface area contributed by atoms with Crippen molar-refractivity contribution in [3.8, 4) is 0 Å². The van der Waals surface area contributed by atoms with E-state index >= 15 is 0 Å². The number of halogens is 1. The molecule has 1 aromatic carbocycles. The van der Waals surface area contributed by atoms with Crippen LogP contribution in [0.1, 0.15) is 36.7 Å². The molecule has 5 heteroatoms. The lowest BCUT2D eigenvalue weighted by molar-refractivity contribution is -0.121. The highest BCUT2D eigenvalue weighted by molar-refractivity contribution is 5.96. The van der Waals surface area contributed by atoms with Crippen LogP contribution in [0.4, 0.5) is 4.39 Å². The lowest BCUT2D eigenvalue weighted by Crippen LogP contribution is -2.45. The summed E-state index contributed by atoms with van der Waals surface area (Å²) >= 11 is 0. The zero-order valence-electron chi connectivity index (χ0n) is 11.6. The van der Waals surface area contributed by atoms with Gasteiger partial charge in [0, 0.05) is 11.1 Å². The number of carbonyl (C=O) groups is 2. The second-order valence-corrected chi connectivity index (χ2v) is 5.44. The van der Waals surface area contributed by atoms with E-state index in [1.807, 2.05) is 20.8 Å². The molecule has 0 aromatic heterocycles. The number of rotatable bonds is 3. The Labute approximate surface area is 112 Å². The van der Waals surface area contributed by atoms with Crippen molar-refractivity contribution in [2.24, 2.45) is 0 Å². The van der Waals surface area contributed by atoms with Crippen LogP contribution in [0, 0.1) is 12.7 Å². The molecule has 1 rings (SSSR count). The Morgan fingerprint density at radius 3 is 2.42 bits per heavy atom. The maximum atomic E-state index is 13.3. The van der Waals surface area contributed by atoms with E-state index in [9.17, 15) is 14.0 Å². The molecule has 0 aliphatic rings. The minimum Gasteiger partial charge on any atom is -0.350 e. The highest BCUT2D eigenvalue weighted by Gasteiger charge is 2.15. The fourth-order valence-electron chi connectivity index (χ4n) is 1.46. The molecule has 2 amide bonds. The van der Waals surface area contributed by atoms with E-state index in [1.165, 1.54) is 12.1 Å². The molecule has 1 aromatic rings. The molecule has 0 bridgehead atoms. The Bertz CT molecular complexity index is 493. The van der Waals surface area contributed by atoms with Crippen LogP contribution >= 0.6 is 0 Å². The van der Waals surface area contributed by atoms with Gasteiger partial charge in [-0.05, 0) is 45.4 Å². The highest BCUT2D eigenvalue weighted by atomic mass is 19.1. The van der Waals surface area contributed by atoms with Gasteiger partial charge in [-0.15, -0.1) is 0 Å². The fourth-order valence-corrected chi connectivity index (χ4v) is 1.46. The zero-order valence-corrected chi connectivity index (χ0v) is 11.6. The first-order chi connectivity index (χ1) is 8.69. The van der Waals surface area contributed by atoms with E-state index in [0.717, 1.165) is 6.07 Å². The molecule has 0 saturated carbocycles. The summed E-state index contributed by atoms with van der Waals surface area (Å²) in [6.07, 6.45) is 0. The first-order valence-corrected chi connectivity index (χ1v) is 6.04. The summed E-state index contributed by atoms with van der Waals surface area (Å²) in [4.78, 5) is 23.2. The molecule has 19 heavy (non-hydrogen) atoms. The van der Waals surface area contributed by atoms with Crippen LogP contribution < -0.4 is 10.6 Å². The van der Waals surface area contributed by atoms with Crippen molar-refractivity contribution in [1.29, 1.82) is 0 Å². The molecule has 0 unspecified atom stereocenters. The predicted molar refractivity (Wildman–Crippen MR) is 71.4 cm³/mol. The summed E-state index contributed by atoms with van der Waals surface area (Å²) in [5, 5.41) is 5.17. The molecule has 0 atom stereocenters. The van der Waals surface area contributed by atoms with Crippen LogP contribution in [0.2, 0.25) is 0 Å². The second kappa shape index (κ2) is 5.82. The average Bonchev–Trinajstić information content (AvgIpc) is 2.27. The minimum absolute atomic E-state index is 0.133. The third kappa shape index (κ3) is 5.07. The third-order valence-corrected chi connectivity index (χ3v) is 2.36. The van der Waals surface area contributed by atoms with Crippen molar-refractivity contribution in [2.75, 3.05) is 6.54 Å². The number of amides is 2. The molecule has 0 saturated heterocycles. The summed E-state index contributed by atoms with van der Waals surface area (Å²) in [6, 6.07) is 4.21. The second-order valence-electron chi connectivity index (χ2n) is 5.44.